The lowest BCUT2D eigenvalue weighted by Gasteiger charge is -2.04. The second-order valence-corrected chi connectivity index (χ2v) is 2.89. The largest absolute Gasteiger partial charge is 0.462 e. The molecule has 15 heavy (non-hydrogen) atoms. The van der Waals surface area contributed by atoms with Crippen LogP contribution in [-0.2, 0) is 4.74 Å². The summed E-state index contributed by atoms with van der Waals surface area (Å²) in [5, 5.41) is 0. The molecule has 0 bridgehead atoms. The molecule has 0 radical (unpaired) electrons. The Morgan fingerprint density at radius 2 is 2.07 bits per heavy atom. The van der Waals surface area contributed by atoms with E-state index in [2.05, 4.69) is 4.98 Å². The summed E-state index contributed by atoms with van der Waals surface area (Å²) in [7, 11) is 0. The summed E-state index contributed by atoms with van der Waals surface area (Å²) in [5.74, 6) is -0.991. The number of aromatic amines is 1. The first kappa shape index (κ1) is 11.2. The maximum absolute atomic E-state index is 11.4. The van der Waals surface area contributed by atoms with E-state index >= 15 is 0 Å². The Hall–Kier alpha value is -1.91. The van der Waals surface area contributed by atoms with Crippen LogP contribution in [0.2, 0.25) is 0 Å². The van der Waals surface area contributed by atoms with Crippen molar-refractivity contribution in [1.29, 1.82) is 0 Å². The zero-order chi connectivity index (χ0) is 11.4. The van der Waals surface area contributed by atoms with Crippen molar-refractivity contribution in [2.24, 2.45) is 0 Å². The van der Waals surface area contributed by atoms with E-state index in [9.17, 15) is 14.4 Å². The smallest absolute Gasteiger partial charge is 0.340 e. The zero-order valence-corrected chi connectivity index (χ0v) is 8.49. The number of carbonyl (C=O) groups excluding carboxylic acids is 2. The molecule has 80 valence electrons. The van der Waals surface area contributed by atoms with Crippen LogP contribution in [0.5, 0.6) is 0 Å². The highest BCUT2D eigenvalue weighted by Crippen LogP contribution is 2.06. The standard InChI is InChI=1S/C10H11NO4/c1-3-15-10(14)7-4-5-8(13)11-9(7)6(2)12/h4-5H,3H2,1-2H3,(H,11,13). The number of esters is 1. The molecule has 0 spiro atoms. The molecule has 1 aromatic heterocycles. The van der Waals surface area contributed by atoms with E-state index in [-0.39, 0.29) is 23.6 Å². The van der Waals surface area contributed by atoms with E-state index in [1.807, 2.05) is 0 Å². The van der Waals surface area contributed by atoms with Crippen molar-refractivity contribution in [3.8, 4) is 0 Å². The molecule has 0 fully saturated rings. The van der Waals surface area contributed by atoms with Gasteiger partial charge < -0.3 is 9.72 Å². The topological polar surface area (TPSA) is 76.2 Å². The zero-order valence-electron chi connectivity index (χ0n) is 8.49. The van der Waals surface area contributed by atoms with Crippen LogP contribution in [0.4, 0.5) is 0 Å². The Labute approximate surface area is 86.1 Å². The van der Waals surface area contributed by atoms with Crippen LogP contribution < -0.4 is 5.56 Å². The van der Waals surface area contributed by atoms with Gasteiger partial charge in [-0.1, -0.05) is 0 Å². The molecule has 0 saturated heterocycles. The minimum Gasteiger partial charge on any atom is -0.462 e. The molecule has 1 aromatic rings. The molecular weight excluding hydrogens is 198 g/mol. The second kappa shape index (κ2) is 4.54. The molecule has 0 aliphatic rings. The predicted molar refractivity (Wildman–Crippen MR) is 53.0 cm³/mol. The van der Waals surface area contributed by atoms with Gasteiger partial charge in [-0.3, -0.25) is 9.59 Å². The number of ketones is 1. The molecule has 0 unspecified atom stereocenters. The third kappa shape index (κ3) is 2.52. The fraction of sp³-hybridized carbons (Fsp3) is 0.300. The van der Waals surface area contributed by atoms with Crippen molar-refractivity contribution in [2.45, 2.75) is 13.8 Å². The third-order valence-corrected chi connectivity index (χ3v) is 1.77. The molecule has 0 saturated carbocycles. The van der Waals surface area contributed by atoms with Crippen molar-refractivity contribution < 1.29 is 14.3 Å². The minimum atomic E-state index is -0.612. The summed E-state index contributed by atoms with van der Waals surface area (Å²) in [6.07, 6.45) is 0. The number of hydrogen-bond acceptors (Lipinski definition) is 4. The van der Waals surface area contributed by atoms with Crippen molar-refractivity contribution in [1.82, 2.24) is 4.98 Å². The molecule has 0 aromatic carbocycles. The van der Waals surface area contributed by atoms with Crippen molar-refractivity contribution in [3.05, 3.63) is 33.7 Å². The Balaban J connectivity index is 3.23. The van der Waals surface area contributed by atoms with E-state index in [1.165, 1.54) is 19.1 Å². The molecule has 0 atom stereocenters. The fourth-order valence-corrected chi connectivity index (χ4v) is 1.13. The van der Waals surface area contributed by atoms with E-state index in [1.54, 1.807) is 6.92 Å². The van der Waals surface area contributed by atoms with E-state index in [0.717, 1.165) is 0 Å². The van der Waals surface area contributed by atoms with Gasteiger partial charge >= 0.3 is 5.97 Å². The summed E-state index contributed by atoms with van der Waals surface area (Å²) < 4.78 is 4.75. The molecule has 1 rings (SSSR count). The van der Waals surface area contributed by atoms with Crippen LogP contribution in [0, 0.1) is 0 Å². The molecule has 0 aliphatic carbocycles. The predicted octanol–water partition coefficient (Wildman–Crippen LogP) is 0.754. The van der Waals surface area contributed by atoms with Gasteiger partial charge in [0.15, 0.2) is 5.78 Å². The highest BCUT2D eigenvalue weighted by atomic mass is 16.5. The average Bonchev–Trinajstić information content (AvgIpc) is 2.17. The molecule has 5 nitrogen and oxygen atoms in total. The highest BCUT2D eigenvalue weighted by Gasteiger charge is 2.15. The first-order valence-electron chi connectivity index (χ1n) is 4.47. The van der Waals surface area contributed by atoms with Gasteiger partial charge in [-0.2, -0.15) is 0 Å². The minimum absolute atomic E-state index is 0.0130. The van der Waals surface area contributed by atoms with Crippen LogP contribution in [0.25, 0.3) is 0 Å². The normalized spacial score (nSPS) is 9.73. The van der Waals surface area contributed by atoms with Gasteiger partial charge in [0.25, 0.3) is 0 Å². The maximum atomic E-state index is 11.4. The first-order chi connectivity index (χ1) is 7.06. The number of ether oxygens (including phenoxy) is 1. The van der Waals surface area contributed by atoms with Gasteiger partial charge in [0.05, 0.1) is 17.9 Å². The second-order valence-electron chi connectivity index (χ2n) is 2.89. The third-order valence-electron chi connectivity index (χ3n) is 1.77. The van der Waals surface area contributed by atoms with Gasteiger partial charge in [-0.05, 0) is 13.0 Å². The number of nitrogens with one attached hydrogen (secondary N) is 1. The Morgan fingerprint density at radius 1 is 1.40 bits per heavy atom. The van der Waals surface area contributed by atoms with Crippen molar-refractivity contribution in [3.63, 3.8) is 0 Å². The number of Topliss-reactive ketones (excluding diaryl/α,β-unsaturated/α-hetero) is 1. The monoisotopic (exact) mass is 209 g/mol. The summed E-state index contributed by atoms with van der Waals surface area (Å²) in [5.41, 5.74) is -0.349. The SMILES string of the molecule is CCOC(=O)c1ccc(=O)[nH]c1C(C)=O. The van der Waals surface area contributed by atoms with Crippen LogP contribution in [0.3, 0.4) is 0 Å². The number of aromatic nitrogens is 1. The summed E-state index contributed by atoms with van der Waals surface area (Å²) in [6.45, 7) is 3.15. The lowest BCUT2D eigenvalue weighted by atomic mass is 10.1. The molecular formula is C10H11NO4. The average molecular weight is 209 g/mol. The quantitative estimate of drug-likeness (QED) is 0.588. The van der Waals surface area contributed by atoms with E-state index in [0.29, 0.717) is 0 Å². The number of rotatable bonds is 3. The van der Waals surface area contributed by atoms with Crippen molar-refractivity contribution >= 4 is 11.8 Å². The van der Waals surface area contributed by atoms with Gasteiger partial charge in [0.1, 0.15) is 0 Å². The van der Waals surface area contributed by atoms with Crippen LogP contribution in [0.15, 0.2) is 16.9 Å². The number of hydrogen-bond donors (Lipinski definition) is 1. The molecule has 5 heteroatoms. The van der Waals surface area contributed by atoms with Crippen LogP contribution >= 0.6 is 0 Å². The Bertz CT molecular complexity index is 447. The number of H-pyrrole nitrogens is 1. The first-order valence-corrected chi connectivity index (χ1v) is 4.47. The number of carbonyl (C=O) groups is 2. The summed E-state index contributed by atoms with van der Waals surface area (Å²) >= 11 is 0. The van der Waals surface area contributed by atoms with Crippen molar-refractivity contribution in [2.75, 3.05) is 6.61 Å². The lowest BCUT2D eigenvalue weighted by Crippen LogP contribution is -2.17. The van der Waals surface area contributed by atoms with Gasteiger partial charge in [0, 0.05) is 13.0 Å². The van der Waals surface area contributed by atoms with Gasteiger partial charge in [0.2, 0.25) is 5.56 Å². The Morgan fingerprint density at radius 3 is 2.60 bits per heavy atom. The highest BCUT2D eigenvalue weighted by molar-refractivity contribution is 6.03. The summed E-state index contributed by atoms with van der Waals surface area (Å²) in [6, 6.07) is 2.46. The Kier molecular flexibility index (Phi) is 3.38. The number of pyridine rings is 1. The van der Waals surface area contributed by atoms with E-state index in [4.69, 9.17) is 4.74 Å². The maximum Gasteiger partial charge on any atom is 0.340 e. The lowest BCUT2D eigenvalue weighted by molar-refractivity contribution is 0.0522. The van der Waals surface area contributed by atoms with Gasteiger partial charge in [-0.15, -0.1) is 0 Å². The van der Waals surface area contributed by atoms with Crippen LogP contribution in [-0.4, -0.2) is 23.3 Å². The molecule has 1 N–H and O–H groups in total. The molecule has 1 heterocycles. The fourth-order valence-electron chi connectivity index (χ4n) is 1.13. The van der Waals surface area contributed by atoms with Crippen LogP contribution in [0.1, 0.15) is 34.7 Å². The molecule has 0 aliphatic heterocycles. The summed E-state index contributed by atoms with van der Waals surface area (Å²) in [4.78, 5) is 35.8. The van der Waals surface area contributed by atoms with E-state index < -0.39 is 11.5 Å². The molecule has 0 amide bonds. The van der Waals surface area contributed by atoms with Gasteiger partial charge in [-0.25, -0.2) is 4.79 Å².